The van der Waals surface area contributed by atoms with Gasteiger partial charge in [0.2, 0.25) is 21.9 Å². The normalized spacial score (nSPS) is 12.9. The molecule has 0 saturated carbocycles. The summed E-state index contributed by atoms with van der Waals surface area (Å²) in [5, 5.41) is 7.39. The highest BCUT2D eigenvalue weighted by Crippen LogP contribution is 2.38. The highest BCUT2D eigenvalue weighted by molar-refractivity contribution is 7.93. The molecule has 41 heavy (non-hydrogen) atoms. The average Bonchev–Trinajstić information content (AvgIpc) is 3.38. The molecule has 0 amide bonds. The van der Waals surface area contributed by atoms with Gasteiger partial charge in [0.1, 0.15) is 35.3 Å². The molecule has 3 heterocycles. The van der Waals surface area contributed by atoms with Crippen LogP contribution in [0, 0.1) is 5.82 Å². The topological polar surface area (TPSA) is 152 Å². The predicted octanol–water partition coefficient (Wildman–Crippen LogP) is 3.23. The minimum atomic E-state index is -4.12. The van der Waals surface area contributed by atoms with Crippen molar-refractivity contribution in [2.75, 3.05) is 39.3 Å². The van der Waals surface area contributed by atoms with Gasteiger partial charge in [-0.05, 0) is 25.1 Å². The highest BCUT2D eigenvalue weighted by atomic mass is 32.2. The third kappa shape index (κ3) is 6.52. The number of sulfonamides is 1. The summed E-state index contributed by atoms with van der Waals surface area (Å²) in [7, 11) is 0.389. The van der Waals surface area contributed by atoms with Crippen LogP contribution in [-0.4, -0.2) is 77.9 Å². The lowest BCUT2D eigenvalue weighted by atomic mass is 10.1. The number of hydrogen-bond acceptors (Lipinski definition) is 11. The van der Waals surface area contributed by atoms with Gasteiger partial charge in [0.05, 0.1) is 38.5 Å². The molecule has 13 nitrogen and oxygen atoms in total. The van der Waals surface area contributed by atoms with Gasteiger partial charge >= 0.3 is 0 Å². The SMILES string of the molecule is COCCOc1cccc(-c2nnc(NS(=O)(=O)C(C)C(C)c3ncc(F)cn3)n2-c2c(OC)cccc2OC)n1. The molecule has 0 radical (unpaired) electrons. The summed E-state index contributed by atoms with van der Waals surface area (Å²) >= 11 is 0. The molecule has 15 heteroatoms. The van der Waals surface area contributed by atoms with Gasteiger partial charge in [-0.1, -0.05) is 19.1 Å². The van der Waals surface area contributed by atoms with Gasteiger partial charge in [-0.25, -0.2) is 27.8 Å². The van der Waals surface area contributed by atoms with Crippen molar-refractivity contribution in [2.45, 2.75) is 25.0 Å². The van der Waals surface area contributed by atoms with Crippen LogP contribution < -0.4 is 18.9 Å². The predicted molar refractivity (Wildman–Crippen MR) is 147 cm³/mol. The van der Waals surface area contributed by atoms with Crippen LogP contribution in [0.2, 0.25) is 0 Å². The molecule has 0 saturated heterocycles. The van der Waals surface area contributed by atoms with Crippen LogP contribution in [0.25, 0.3) is 17.2 Å². The fraction of sp³-hybridized carbons (Fsp3) is 0.346. The van der Waals surface area contributed by atoms with Gasteiger partial charge in [0.15, 0.2) is 11.6 Å². The number of halogens is 1. The van der Waals surface area contributed by atoms with E-state index < -0.39 is 27.0 Å². The van der Waals surface area contributed by atoms with Crippen LogP contribution in [0.3, 0.4) is 0 Å². The van der Waals surface area contributed by atoms with Crippen molar-refractivity contribution in [3.63, 3.8) is 0 Å². The summed E-state index contributed by atoms with van der Waals surface area (Å²) in [6.07, 6.45) is 1.98. The zero-order chi connectivity index (χ0) is 29.6. The number of ether oxygens (including phenoxy) is 4. The largest absolute Gasteiger partial charge is 0.494 e. The molecule has 1 N–H and O–H groups in total. The second-order valence-corrected chi connectivity index (χ2v) is 10.8. The van der Waals surface area contributed by atoms with Crippen molar-refractivity contribution >= 4 is 16.0 Å². The van der Waals surface area contributed by atoms with Gasteiger partial charge < -0.3 is 18.9 Å². The van der Waals surface area contributed by atoms with Crippen molar-refractivity contribution < 1.29 is 31.8 Å². The summed E-state index contributed by atoms with van der Waals surface area (Å²) in [5.74, 6) is -0.0639. The van der Waals surface area contributed by atoms with Crippen molar-refractivity contribution in [3.05, 3.63) is 60.4 Å². The average molecular weight is 588 g/mol. The molecule has 218 valence electrons. The Morgan fingerprint density at radius 2 is 1.61 bits per heavy atom. The van der Waals surface area contributed by atoms with E-state index in [0.29, 0.717) is 35.4 Å². The maximum absolute atomic E-state index is 13.6. The standard InChI is InChI=1S/C26H30FN7O6S/c1-16(24-28-14-18(27)15-29-24)17(2)41(35,36)33-26-32-31-25(19-8-6-11-22(30-19)40-13-12-37-3)34(26)23-20(38-4)9-7-10-21(23)39-5/h6-11,14-17H,12-13H2,1-5H3,(H,32,33). The molecule has 2 unspecified atom stereocenters. The first kappa shape index (κ1) is 29.6. The Hall–Kier alpha value is -4.37. The van der Waals surface area contributed by atoms with Gasteiger partial charge in [-0.2, -0.15) is 0 Å². The van der Waals surface area contributed by atoms with Crippen LogP contribution >= 0.6 is 0 Å². The number of para-hydroxylation sites is 1. The van der Waals surface area contributed by atoms with E-state index in [1.807, 2.05) is 0 Å². The summed E-state index contributed by atoms with van der Waals surface area (Å²) in [6, 6.07) is 10.2. The molecule has 2 atom stereocenters. The smallest absolute Gasteiger partial charge is 0.243 e. The fourth-order valence-corrected chi connectivity index (χ4v) is 5.12. The Labute approximate surface area is 236 Å². The molecule has 0 bridgehead atoms. The number of methoxy groups -OCH3 is 3. The Kier molecular flexibility index (Phi) is 9.29. The number of benzene rings is 1. The Morgan fingerprint density at radius 1 is 0.951 bits per heavy atom. The zero-order valence-electron chi connectivity index (χ0n) is 23.1. The quantitative estimate of drug-likeness (QED) is 0.229. The van der Waals surface area contributed by atoms with Gasteiger partial charge in [-0.15, -0.1) is 10.2 Å². The number of nitrogens with one attached hydrogen (secondary N) is 1. The van der Waals surface area contributed by atoms with E-state index in [1.165, 1.54) is 25.7 Å². The number of anilines is 1. The third-order valence-corrected chi connectivity index (χ3v) is 8.11. The minimum absolute atomic E-state index is 0.144. The van der Waals surface area contributed by atoms with E-state index in [0.717, 1.165) is 12.4 Å². The minimum Gasteiger partial charge on any atom is -0.494 e. The first-order valence-corrected chi connectivity index (χ1v) is 14.0. The lowest BCUT2D eigenvalue weighted by Gasteiger charge is -2.21. The van der Waals surface area contributed by atoms with Crippen LogP contribution in [0.15, 0.2) is 48.8 Å². The summed E-state index contributed by atoms with van der Waals surface area (Å²) in [5.41, 5.74) is 0.678. The number of rotatable bonds is 13. The summed E-state index contributed by atoms with van der Waals surface area (Å²) < 4.78 is 66.4. The Bertz CT molecular complexity index is 1560. The molecule has 0 aliphatic rings. The highest BCUT2D eigenvalue weighted by Gasteiger charge is 2.32. The number of nitrogens with zero attached hydrogens (tertiary/aromatic N) is 6. The Morgan fingerprint density at radius 3 is 2.24 bits per heavy atom. The second-order valence-electron chi connectivity index (χ2n) is 8.80. The van der Waals surface area contributed by atoms with Crippen LogP contribution in [0.5, 0.6) is 17.4 Å². The number of pyridine rings is 1. The second kappa shape index (κ2) is 12.9. The molecular formula is C26H30FN7O6S. The van der Waals surface area contributed by atoms with Gasteiger partial charge in [0, 0.05) is 19.1 Å². The first-order chi connectivity index (χ1) is 19.7. The maximum atomic E-state index is 13.6. The van der Waals surface area contributed by atoms with Crippen molar-refractivity contribution in [2.24, 2.45) is 0 Å². The third-order valence-electron chi connectivity index (χ3n) is 6.25. The molecule has 1 aromatic carbocycles. The van der Waals surface area contributed by atoms with E-state index in [1.54, 1.807) is 50.4 Å². The lowest BCUT2D eigenvalue weighted by Crippen LogP contribution is -2.31. The van der Waals surface area contributed by atoms with Gasteiger partial charge in [0.25, 0.3) is 0 Å². The van der Waals surface area contributed by atoms with Crippen molar-refractivity contribution in [3.8, 4) is 34.6 Å². The maximum Gasteiger partial charge on any atom is 0.243 e. The number of aromatic nitrogens is 6. The fourth-order valence-electron chi connectivity index (χ4n) is 3.89. The molecule has 0 aliphatic carbocycles. The van der Waals surface area contributed by atoms with Crippen LogP contribution in [0.4, 0.5) is 10.3 Å². The van der Waals surface area contributed by atoms with Crippen LogP contribution in [0.1, 0.15) is 25.6 Å². The summed E-state index contributed by atoms with van der Waals surface area (Å²) in [6.45, 7) is 3.77. The molecule has 0 fully saturated rings. The van der Waals surface area contributed by atoms with E-state index in [4.69, 9.17) is 18.9 Å². The lowest BCUT2D eigenvalue weighted by molar-refractivity contribution is 0.144. The molecule has 4 rings (SSSR count). The zero-order valence-corrected chi connectivity index (χ0v) is 23.9. The molecule has 3 aromatic heterocycles. The van der Waals surface area contributed by atoms with E-state index in [2.05, 4.69) is 29.9 Å². The van der Waals surface area contributed by atoms with E-state index in [9.17, 15) is 12.8 Å². The van der Waals surface area contributed by atoms with E-state index in [-0.39, 0.29) is 24.2 Å². The molecule has 0 aliphatic heterocycles. The van der Waals surface area contributed by atoms with Crippen LogP contribution in [-0.2, 0) is 14.8 Å². The first-order valence-electron chi connectivity index (χ1n) is 12.4. The van der Waals surface area contributed by atoms with Gasteiger partial charge in [-0.3, -0.25) is 9.29 Å². The van der Waals surface area contributed by atoms with Crippen molar-refractivity contribution in [1.82, 2.24) is 29.7 Å². The monoisotopic (exact) mass is 587 g/mol. The molecule has 0 spiro atoms. The number of hydrogen-bond donors (Lipinski definition) is 1. The molecule has 4 aromatic rings. The van der Waals surface area contributed by atoms with E-state index >= 15 is 0 Å². The molecular weight excluding hydrogens is 557 g/mol. The Balaban J connectivity index is 1.81. The summed E-state index contributed by atoms with van der Waals surface area (Å²) in [4.78, 5) is 12.4. The van der Waals surface area contributed by atoms with Crippen molar-refractivity contribution in [1.29, 1.82) is 0 Å².